The Hall–Kier alpha value is -2.44. The van der Waals surface area contributed by atoms with Crippen molar-refractivity contribution in [2.75, 3.05) is 30.9 Å². The maximum absolute atomic E-state index is 12.9. The van der Waals surface area contributed by atoms with E-state index in [0.717, 1.165) is 13.0 Å². The lowest BCUT2D eigenvalue weighted by Gasteiger charge is -2.13. The number of anilines is 2. The molecule has 1 aromatic carbocycles. The van der Waals surface area contributed by atoms with Gasteiger partial charge in [0.1, 0.15) is 11.6 Å². The van der Waals surface area contributed by atoms with Gasteiger partial charge >= 0.3 is 6.01 Å². The molecule has 0 aliphatic heterocycles. The molecule has 0 aliphatic rings. The molecule has 0 amide bonds. The Kier molecular flexibility index (Phi) is 4.86. The summed E-state index contributed by atoms with van der Waals surface area (Å²) in [5.41, 5.74) is 0. The first-order chi connectivity index (χ1) is 10.1. The van der Waals surface area contributed by atoms with Crippen LogP contribution in [-0.4, -0.2) is 35.6 Å². The Balaban J connectivity index is 2.24. The van der Waals surface area contributed by atoms with Crippen molar-refractivity contribution in [1.82, 2.24) is 15.0 Å². The van der Waals surface area contributed by atoms with Gasteiger partial charge < -0.3 is 15.0 Å². The standard InChI is InChI=1S/C14H18FN5O/c1-4-9-16-12-17-13(20(2)3)19-14(18-12)21-11-7-5-10(15)6-8-11/h5-8H,4,9H2,1-3H3,(H,16,17,18,19). The smallest absolute Gasteiger partial charge is 0.328 e. The number of hydrogen-bond acceptors (Lipinski definition) is 6. The monoisotopic (exact) mass is 291 g/mol. The summed E-state index contributed by atoms with van der Waals surface area (Å²) in [4.78, 5) is 14.4. The van der Waals surface area contributed by atoms with Gasteiger partial charge in [-0.1, -0.05) is 6.92 Å². The summed E-state index contributed by atoms with van der Waals surface area (Å²) >= 11 is 0. The summed E-state index contributed by atoms with van der Waals surface area (Å²) in [5.74, 6) is 1.08. The molecule has 0 saturated carbocycles. The topological polar surface area (TPSA) is 63.2 Å². The maximum atomic E-state index is 12.9. The van der Waals surface area contributed by atoms with E-state index < -0.39 is 0 Å². The van der Waals surface area contributed by atoms with Gasteiger partial charge in [0.25, 0.3) is 0 Å². The third kappa shape index (κ3) is 4.27. The molecular weight excluding hydrogens is 273 g/mol. The lowest BCUT2D eigenvalue weighted by atomic mass is 10.3. The van der Waals surface area contributed by atoms with Gasteiger partial charge in [-0.3, -0.25) is 0 Å². The van der Waals surface area contributed by atoms with Crippen LogP contribution in [0.3, 0.4) is 0 Å². The van der Waals surface area contributed by atoms with Gasteiger partial charge in [0.05, 0.1) is 0 Å². The van der Waals surface area contributed by atoms with E-state index in [2.05, 4.69) is 27.2 Å². The van der Waals surface area contributed by atoms with Crippen LogP contribution in [0.25, 0.3) is 0 Å². The van der Waals surface area contributed by atoms with Gasteiger partial charge in [0.15, 0.2) is 0 Å². The molecule has 0 fully saturated rings. The molecule has 6 nitrogen and oxygen atoms in total. The Morgan fingerprint density at radius 3 is 2.48 bits per heavy atom. The molecule has 0 saturated heterocycles. The predicted molar refractivity (Wildman–Crippen MR) is 79.4 cm³/mol. The van der Waals surface area contributed by atoms with Crippen molar-refractivity contribution in [3.8, 4) is 11.8 Å². The van der Waals surface area contributed by atoms with Crippen molar-refractivity contribution in [3.05, 3.63) is 30.1 Å². The second kappa shape index (κ2) is 6.83. The Morgan fingerprint density at radius 1 is 1.14 bits per heavy atom. The summed E-state index contributed by atoms with van der Waals surface area (Å²) < 4.78 is 18.4. The Morgan fingerprint density at radius 2 is 1.86 bits per heavy atom. The van der Waals surface area contributed by atoms with E-state index in [1.807, 2.05) is 14.1 Å². The summed E-state index contributed by atoms with van der Waals surface area (Å²) in [6.07, 6.45) is 0.955. The second-order valence-corrected chi connectivity index (χ2v) is 4.62. The van der Waals surface area contributed by atoms with Crippen molar-refractivity contribution in [3.63, 3.8) is 0 Å². The van der Waals surface area contributed by atoms with Gasteiger partial charge in [-0.05, 0) is 30.7 Å². The molecule has 1 heterocycles. The number of hydrogen-bond donors (Lipinski definition) is 1. The van der Waals surface area contributed by atoms with Crippen LogP contribution in [0.1, 0.15) is 13.3 Å². The predicted octanol–water partition coefficient (Wildman–Crippen LogP) is 2.69. The molecular formula is C14H18FN5O. The fraction of sp³-hybridized carbons (Fsp3) is 0.357. The lowest BCUT2D eigenvalue weighted by Crippen LogP contribution is -2.16. The quantitative estimate of drug-likeness (QED) is 0.883. The number of benzene rings is 1. The maximum Gasteiger partial charge on any atom is 0.328 e. The minimum Gasteiger partial charge on any atom is -0.424 e. The highest BCUT2D eigenvalue weighted by molar-refractivity contribution is 5.38. The minimum absolute atomic E-state index is 0.166. The summed E-state index contributed by atoms with van der Waals surface area (Å²) in [7, 11) is 3.67. The van der Waals surface area contributed by atoms with E-state index >= 15 is 0 Å². The molecule has 0 unspecified atom stereocenters. The molecule has 1 N–H and O–H groups in total. The zero-order valence-electron chi connectivity index (χ0n) is 12.3. The summed E-state index contributed by atoms with van der Waals surface area (Å²) in [6, 6.07) is 5.85. The highest BCUT2D eigenvalue weighted by Gasteiger charge is 2.09. The first-order valence-electron chi connectivity index (χ1n) is 6.69. The number of halogens is 1. The van der Waals surface area contributed by atoms with Crippen molar-refractivity contribution in [2.24, 2.45) is 0 Å². The Labute approximate surface area is 123 Å². The molecule has 0 spiro atoms. The third-order valence-corrected chi connectivity index (χ3v) is 2.56. The van der Waals surface area contributed by atoms with E-state index in [0.29, 0.717) is 17.6 Å². The van der Waals surface area contributed by atoms with Crippen LogP contribution in [0.2, 0.25) is 0 Å². The number of rotatable bonds is 6. The highest BCUT2D eigenvalue weighted by atomic mass is 19.1. The van der Waals surface area contributed by atoms with E-state index in [4.69, 9.17) is 4.74 Å². The summed E-state index contributed by atoms with van der Waals surface area (Å²) in [6.45, 7) is 2.81. The largest absolute Gasteiger partial charge is 0.424 e. The fourth-order valence-corrected chi connectivity index (χ4v) is 1.52. The van der Waals surface area contributed by atoms with Crippen molar-refractivity contribution >= 4 is 11.9 Å². The number of nitrogens with zero attached hydrogens (tertiary/aromatic N) is 4. The average Bonchev–Trinajstić information content (AvgIpc) is 2.47. The van der Waals surface area contributed by atoms with Gasteiger partial charge in [0, 0.05) is 20.6 Å². The molecule has 0 radical (unpaired) electrons. The summed E-state index contributed by atoms with van der Waals surface area (Å²) in [5, 5.41) is 3.10. The minimum atomic E-state index is -0.322. The molecule has 2 rings (SSSR count). The van der Waals surface area contributed by atoms with Gasteiger partial charge in [-0.15, -0.1) is 0 Å². The van der Waals surface area contributed by atoms with E-state index in [-0.39, 0.29) is 11.8 Å². The Bertz CT molecular complexity index is 588. The second-order valence-electron chi connectivity index (χ2n) is 4.62. The number of nitrogens with one attached hydrogen (secondary N) is 1. The molecule has 21 heavy (non-hydrogen) atoms. The molecule has 1 aromatic heterocycles. The zero-order valence-corrected chi connectivity index (χ0v) is 12.3. The molecule has 2 aromatic rings. The first kappa shape index (κ1) is 15.0. The van der Waals surface area contributed by atoms with Crippen molar-refractivity contribution in [2.45, 2.75) is 13.3 Å². The SMILES string of the molecule is CCCNc1nc(Oc2ccc(F)cc2)nc(N(C)C)n1. The number of ether oxygens (including phenoxy) is 1. The highest BCUT2D eigenvalue weighted by Crippen LogP contribution is 2.20. The molecule has 112 valence electrons. The van der Waals surface area contributed by atoms with E-state index in [1.54, 1.807) is 4.90 Å². The van der Waals surface area contributed by atoms with Gasteiger partial charge in [-0.25, -0.2) is 4.39 Å². The number of aromatic nitrogens is 3. The van der Waals surface area contributed by atoms with Crippen LogP contribution in [0.15, 0.2) is 24.3 Å². The zero-order chi connectivity index (χ0) is 15.2. The molecule has 7 heteroatoms. The van der Waals surface area contributed by atoms with E-state index in [9.17, 15) is 4.39 Å². The van der Waals surface area contributed by atoms with Crippen LogP contribution in [0, 0.1) is 5.82 Å². The van der Waals surface area contributed by atoms with Crippen LogP contribution < -0.4 is 15.0 Å². The van der Waals surface area contributed by atoms with Crippen LogP contribution in [0.4, 0.5) is 16.3 Å². The first-order valence-corrected chi connectivity index (χ1v) is 6.69. The normalized spacial score (nSPS) is 10.3. The van der Waals surface area contributed by atoms with Crippen molar-refractivity contribution in [1.29, 1.82) is 0 Å². The van der Waals surface area contributed by atoms with Gasteiger partial charge in [-0.2, -0.15) is 15.0 Å². The van der Waals surface area contributed by atoms with Gasteiger partial charge in [0.2, 0.25) is 11.9 Å². The third-order valence-electron chi connectivity index (χ3n) is 2.56. The lowest BCUT2D eigenvalue weighted by molar-refractivity contribution is 0.439. The molecule has 0 bridgehead atoms. The molecule has 0 aliphatic carbocycles. The van der Waals surface area contributed by atoms with Crippen LogP contribution in [-0.2, 0) is 0 Å². The van der Waals surface area contributed by atoms with Crippen molar-refractivity contribution < 1.29 is 9.13 Å². The molecule has 0 atom stereocenters. The van der Waals surface area contributed by atoms with Crippen LogP contribution >= 0.6 is 0 Å². The van der Waals surface area contributed by atoms with E-state index in [1.165, 1.54) is 24.3 Å². The average molecular weight is 291 g/mol. The fourth-order valence-electron chi connectivity index (χ4n) is 1.52. The van der Waals surface area contributed by atoms with Crippen LogP contribution in [0.5, 0.6) is 11.8 Å².